The van der Waals surface area contributed by atoms with Gasteiger partial charge in [0.2, 0.25) is 0 Å². The van der Waals surface area contributed by atoms with Gasteiger partial charge in [0, 0.05) is 7.05 Å². The number of carboxylic acids is 1. The number of nitrogens with one attached hydrogen (secondary N) is 1. The Balaban J connectivity index is 2.03. The number of imidazole rings is 1. The van der Waals surface area contributed by atoms with E-state index in [-0.39, 0.29) is 0 Å². The number of hydrogen-bond donors (Lipinski definition) is 4. The Morgan fingerprint density at radius 2 is 2.10 bits per heavy atom. The van der Waals surface area contributed by atoms with Gasteiger partial charge in [-0.3, -0.25) is 4.57 Å². The molecule has 21 heavy (non-hydrogen) atoms. The molecule has 1 fully saturated rings. The maximum absolute atomic E-state index is 11.0. The summed E-state index contributed by atoms with van der Waals surface area (Å²) in [7, 11) is 1.67. The van der Waals surface area contributed by atoms with Crippen LogP contribution >= 0.6 is 0 Å². The molecule has 2 aromatic rings. The standard InChI is InChI=1S/C11H13N5O5/c1-12-8-4-9(14-2-13-8)16(3-15-4)10-6(18)5(17)7(21-10)11(19)20/h2-3,5-7,10,17-18H,1H3,(H,19,20)(H,12,13,14)/t5-,6+,7-,10+/m0/s1. The van der Waals surface area contributed by atoms with Gasteiger partial charge in [-0.25, -0.2) is 19.7 Å². The molecule has 0 aromatic carbocycles. The average Bonchev–Trinajstić information content (AvgIpc) is 3.01. The molecule has 0 amide bonds. The molecule has 1 aliphatic rings. The number of aromatic nitrogens is 4. The number of aliphatic carboxylic acids is 1. The minimum Gasteiger partial charge on any atom is -0.479 e. The van der Waals surface area contributed by atoms with Crippen molar-refractivity contribution in [3.05, 3.63) is 12.7 Å². The highest BCUT2D eigenvalue weighted by molar-refractivity contribution is 5.82. The second kappa shape index (κ2) is 4.91. The quantitative estimate of drug-likeness (QED) is 0.536. The van der Waals surface area contributed by atoms with Gasteiger partial charge < -0.3 is 25.4 Å². The number of carboxylic acid groups (broad SMARTS) is 1. The second-order valence-corrected chi connectivity index (χ2v) is 4.56. The van der Waals surface area contributed by atoms with E-state index in [1.165, 1.54) is 17.2 Å². The molecule has 0 unspecified atom stereocenters. The van der Waals surface area contributed by atoms with Crippen LogP contribution in [0.25, 0.3) is 11.2 Å². The molecule has 0 saturated carbocycles. The Labute approximate surface area is 118 Å². The van der Waals surface area contributed by atoms with Crippen LogP contribution in [0, 0.1) is 0 Å². The number of aliphatic hydroxyl groups is 2. The molecular formula is C11H13N5O5. The monoisotopic (exact) mass is 295 g/mol. The minimum absolute atomic E-state index is 0.358. The van der Waals surface area contributed by atoms with Crippen molar-refractivity contribution in [2.75, 3.05) is 12.4 Å². The fourth-order valence-electron chi connectivity index (χ4n) is 2.31. The van der Waals surface area contributed by atoms with Gasteiger partial charge in [0.1, 0.15) is 24.1 Å². The van der Waals surface area contributed by atoms with Crippen LogP contribution in [0.3, 0.4) is 0 Å². The lowest BCUT2D eigenvalue weighted by Gasteiger charge is -2.16. The van der Waals surface area contributed by atoms with Gasteiger partial charge in [-0.2, -0.15) is 0 Å². The van der Waals surface area contributed by atoms with Crippen molar-refractivity contribution in [1.29, 1.82) is 0 Å². The maximum Gasteiger partial charge on any atom is 0.335 e. The number of fused-ring (bicyclic) bond motifs is 1. The Bertz CT molecular complexity index is 689. The number of rotatable bonds is 3. The van der Waals surface area contributed by atoms with Gasteiger partial charge in [-0.05, 0) is 0 Å². The van der Waals surface area contributed by atoms with E-state index in [0.717, 1.165) is 0 Å². The molecule has 4 N–H and O–H groups in total. The largest absolute Gasteiger partial charge is 0.479 e. The van der Waals surface area contributed by atoms with Gasteiger partial charge in [0.25, 0.3) is 0 Å². The fourth-order valence-corrected chi connectivity index (χ4v) is 2.31. The maximum atomic E-state index is 11.0. The topological polar surface area (TPSA) is 143 Å². The number of ether oxygens (including phenoxy) is 1. The van der Waals surface area contributed by atoms with E-state index < -0.39 is 30.5 Å². The summed E-state index contributed by atoms with van der Waals surface area (Å²) in [5.74, 6) is -0.861. The van der Waals surface area contributed by atoms with E-state index in [1.807, 2.05) is 0 Å². The van der Waals surface area contributed by atoms with Crippen molar-refractivity contribution < 1.29 is 24.9 Å². The van der Waals surface area contributed by atoms with Gasteiger partial charge in [-0.1, -0.05) is 0 Å². The second-order valence-electron chi connectivity index (χ2n) is 4.56. The Hall–Kier alpha value is -2.30. The average molecular weight is 295 g/mol. The van der Waals surface area contributed by atoms with E-state index in [9.17, 15) is 15.0 Å². The summed E-state index contributed by atoms with van der Waals surface area (Å²) in [6.45, 7) is 0. The number of anilines is 1. The van der Waals surface area contributed by atoms with Gasteiger partial charge in [-0.15, -0.1) is 0 Å². The smallest absolute Gasteiger partial charge is 0.335 e. The third kappa shape index (κ3) is 2.00. The summed E-state index contributed by atoms with van der Waals surface area (Å²) in [5.41, 5.74) is 0.806. The molecule has 2 aromatic heterocycles. The Kier molecular flexibility index (Phi) is 3.20. The van der Waals surface area contributed by atoms with Gasteiger partial charge in [0.15, 0.2) is 23.8 Å². The highest BCUT2D eigenvalue weighted by Gasteiger charge is 2.47. The highest BCUT2D eigenvalue weighted by atomic mass is 16.6. The van der Waals surface area contributed by atoms with Crippen molar-refractivity contribution in [3.8, 4) is 0 Å². The molecule has 1 aliphatic heterocycles. The van der Waals surface area contributed by atoms with Crippen molar-refractivity contribution in [2.24, 2.45) is 0 Å². The summed E-state index contributed by atoms with van der Waals surface area (Å²) >= 11 is 0. The van der Waals surface area contributed by atoms with Crippen LogP contribution < -0.4 is 5.32 Å². The van der Waals surface area contributed by atoms with E-state index in [1.54, 1.807) is 7.05 Å². The van der Waals surface area contributed by atoms with Crippen LogP contribution in [0.15, 0.2) is 12.7 Å². The summed E-state index contributed by atoms with van der Waals surface area (Å²) in [4.78, 5) is 23.1. The fraction of sp³-hybridized carbons (Fsp3) is 0.455. The zero-order chi connectivity index (χ0) is 15.1. The molecule has 0 radical (unpaired) electrons. The lowest BCUT2D eigenvalue weighted by atomic mass is 10.1. The third-order valence-corrected chi connectivity index (χ3v) is 3.35. The summed E-state index contributed by atoms with van der Waals surface area (Å²) < 4.78 is 6.59. The zero-order valence-electron chi connectivity index (χ0n) is 10.9. The van der Waals surface area contributed by atoms with Crippen LogP contribution in [-0.2, 0) is 9.53 Å². The Morgan fingerprint density at radius 3 is 2.71 bits per heavy atom. The van der Waals surface area contributed by atoms with E-state index >= 15 is 0 Å². The molecule has 10 heteroatoms. The first kappa shape index (κ1) is 13.7. The molecule has 112 valence electrons. The first-order chi connectivity index (χ1) is 10.0. The molecule has 10 nitrogen and oxygen atoms in total. The predicted octanol–water partition coefficient (Wildman–Crippen LogP) is -1.43. The molecule has 3 rings (SSSR count). The number of nitrogens with zero attached hydrogens (tertiary/aromatic N) is 4. The highest BCUT2D eigenvalue weighted by Crippen LogP contribution is 2.32. The van der Waals surface area contributed by atoms with E-state index in [2.05, 4.69) is 20.3 Å². The molecule has 0 spiro atoms. The van der Waals surface area contributed by atoms with Crippen molar-refractivity contribution in [1.82, 2.24) is 19.5 Å². The molecular weight excluding hydrogens is 282 g/mol. The molecule has 0 bridgehead atoms. The number of hydrogen-bond acceptors (Lipinski definition) is 8. The lowest BCUT2D eigenvalue weighted by molar-refractivity contribution is -0.155. The Morgan fingerprint density at radius 1 is 1.33 bits per heavy atom. The van der Waals surface area contributed by atoms with E-state index in [0.29, 0.717) is 17.0 Å². The van der Waals surface area contributed by atoms with Crippen LogP contribution in [0.5, 0.6) is 0 Å². The molecule has 4 atom stereocenters. The first-order valence-electron chi connectivity index (χ1n) is 6.14. The summed E-state index contributed by atoms with van der Waals surface area (Å²) in [5, 5.41) is 31.5. The lowest BCUT2D eigenvalue weighted by Crippen LogP contribution is -2.35. The van der Waals surface area contributed by atoms with Crippen molar-refractivity contribution in [2.45, 2.75) is 24.5 Å². The molecule has 1 saturated heterocycles. The molecule has 3 heterocycles. The normalized spacial score (nSPS) is 28.9. The summed E-state index contributed by atoms with van der Waals surface area (Å²) in [6, 6.07) is 0. The van der Waals surface area contributed by atoms with Crippen molar-refractivity contribution in [3.63, 3.8) is 0 Å². The van der Waals surface area contributed by atoms with Crippen LogP contribution in [0.2, 0.25) is 0 Å². The first-order valence-corrected chi connectivity index (χ1v) is 6.14. The minimum atomic E-state index is -1.53. The van der Waals surface area contributed by atoms with Crippen LogP contribution in [0.1, 0.15) is 6.23 Å². The van der Waals surface area contributed by atoms with Gasteiger partial charge >= 0.3 is 5.97 Å². The van der Waals surface area contributed by atoms with Gasteiger partial charge in [0.05, 0.1) is 6.33 Å². The number of carbonyl (C=O) groups is 1. The van der Waals surface area contributed by atoms with Crippen LogP contribution in [-0.4, -0.2) is 66.2 Å². The van der Waals surface area contributed by atoms with Crippen LogP contribution in [0.4, 0.5) is 5.82 Å². The SMILES string of the molecule is CNc1ncnc2c1ncn2[C@@H]1O[C@H](C(=O)O)[C@@H](O)[C@H]1O. The summed E-state index contributed by atoms with van der Waals surface area (Å²) in [6.07, 6.45) is -2.88. The number of aliphatic hydroxyl groups excluding tert-OH is 2. The van der Waals surface area contributed by atoms with E-state index in [4.69, 9.17) is 9.84 Å². The predicted molar refractivity (Wildman–Crippen MR) is 68.4 cm³/mol. The van der Waals surface area contributed by atoms with Crippen molar-refractivity contribution >= 4 is 23.0 Å². The molecule has 0 aliphatic carbocycles. The third-order valence-electron chi connectivity index (χ3n) is 3.35. The zero-order valence-corrected chi connectivity index (χ0v) is 10.9.